The summed E-state index contributed by atoms with van der Waals surface area (Å²) in [5.74, 6) is -0.290. The predicted molar refractivity (Wildman–Crippen MR) is 126 cm³/mol. The van der Waals surface area contributed by atoms with Crippen LogP contribution in [0.5, 0.6) is 5.75 Å². The molecular formula is C24H24N2O6S2. The van der Waals surface area contributed by atoms with Gasteiger partial charge in [0.1, 0.15) is 5.75 Å². The van der Waals surface area contributed by atoms with E-state index < -0.39 is 32.0 Å². The average molecular weight is 501 g/mol. The average Bonchev–Trinajstić information content (AvgIpc) is 3.18. The standard InChI is InChI=1S/C24H24N2O6S2/c1-17-4-12-21(13-5-17)33(28,29)25-23(19-8-10-20(32-3)11-9-19)16-24(27)26(25)34(30,31)22-14-6-18(2)7-15-22/h4-15,23H,16H2,1-3H3. The Morgan fingerprint density at radius 1 is 0.735 bits per heavy atom. The second kappa shape index (κ2) is 8.86. The topological polar surface area (TPSA) is 101 Å². The van der Waals surface area contributed by atoms with Gasteiger partial charge in [-0.05, 0) is 55.8 Å². The number of ether oxygens (including phenoxy) is 1. The fourth-order valence-corrected chi connectivity index (χ4v) is 7.15. The maximum atomic E-state index is 13.8. The van der Waals surface area contributed by atoms with E-state index in [-0.39, 0.29) is 16.2 Å². The van der Waals surface area contributed by atoms with Crippen LogP contribution in [0.1, 0.15) is 29.2 Å². The summed E-state index contributed by atoms with van der Waals surface area (Å²) in [4.78, 5) is 12.8. The Labute approximate surface area is 199 Å². The molecule has 0 aliphatic carbocycles. The number of hydrogen-bond acceptors (Lipinski definition) is 6. The number of hydrogen-bond donors (Lipinski definition) is 0. The molecule has 0 N–H and O–H groups in total. The number of carbonyl (C=O) groups excluding carboxylic acids is 1. The van der Waals surface area contributed by atoms with Gasteiger partial charge in [0.15, 0.2) is 0 Å². The van der Waals surface area contributed by atoms with E-state index in [1.165, 1.54) is 31.4 Å². The van der Waals surface area contributed by atoms with E-state index in [4.69, 9.17) is 4.74 Å². The van der Waals surface area contributed by atoms with Gasteiger partial charge in [-0.2, -0.15) is 8.42 Å². The van der Waals surface area contributed by atoms with Gasteiger partial charge in [0.2, 0.25) is 0 Å². The molecule has 0 aromatic heterocycles. The number of methoxy groups -OCH3 is 1. The van der Waals surface area contributed by atoms with Gasteiger partial charge in [0, 0.05) is 0 Å². The van der Waals surface area contributed by atoms with Crippen molar-refractivity contribution in [1.29, 1.82) is 0 Å². The van der Waals surface area contributed by atoms with Gasteiger partial charge in [-0.15, -0.1) is 4.41 Å². The third-order valence-corrected chi connectivity index (χ3v) is 9.22. The fraction of sp³-hybridized carbons (Fsp3) is 0.208. The minimum absolute atomic E-state index is 0.115. The number of aryl methyl sites for hydroxylation is 2. The minimum Gasteiger partial charge on any atom is -0.497 e. The summed E-state index contributed by atoms with van der Waals surface area (Å²) in [6.45, 7) is 3.61. The van der Waals surface area contributed by atoms with Crippen molar-refractivity contribution in [3.8, 4) is 5.75 Å². The number of sulfonamides is 2. The molecule has 1 atom stereocenters. The Kier molecular flexibility index (Phi) is 6.24. The molecule has 1 amide bonds. The van der Waals surface area contributed by atoms with Crippen molar-refractivity contribution in [2.45, 2.75) is 36.1 Å². The number of carbonyl (C=O) groups is 1. The van der Waals surface area contributed by atoms with Crippen molar-refractivity contribution >= 4 is 26.0 Å². The molecule has 8 nitrogen and oxygen atoms in total. The van der Waals surface area contributed by atoms with E-state index in [0.717, 1.165) is 11.1 Å². The number of nitrogens with zero attached hydrogens (tertiary/aromatic N) is 2. The summed E-state index contributed by atoms with van der Waals surface area (Å²) in [5.41, 5.74) is 2.13. The lowest BCUT2D eigenvalue weighted by Gasteiger charge is -2.30. The molecule has 1 heterocycles. The Hall–Kier alpha value is -3.21. The first-order valence-electron chi connectivity index (χ1n) is 10.5. The van der Waals surface area contributed by atoms with Gasteiger partial charge in [0.25, 0.3) is 26.0 Å². The van der Waals surface area contributed by atoms with Crippen molar-refractivity contribution in [2.24, 2.45) is 0 Å². The second-order valence-electron chi connectivity index (χ2n) is 8.04. The van der Waals surface area contributed by atoms with Gasteiger partial charge < -0.3 is 4.74 Å². The molecule has 4 rings (SSSR count). The van der Waals surface area contributed by atoms with Crippen LogP contribution in [0.15, 0.2) is 82.6 Å². The molecule has 34 heavy (non-hydrogen) atoms. The van der Waals surface area contributed by atoms with Crippen LogP contribution in [-0.2, 0) is 24.8 Å². The Morgan fingerprint density at radius 3 is 1.68 bits per heavy atom. The highest BCUT2D eigenvalue weighted by Crippen LogP contribution is 2.41. The molecule has 10 heteroatoms. The summed E-state index contributed by atoms with van der Waals surface area (Å²) in [5, 5.41) is 0. The summed E-state index contributed by atoms with van der Waals surface area (Å²) in [6.07, 6.45) is -0.331. The zero-order valence-corrected chi connectivity index (χ0v) is 20.5. The van der Waals surface area contributed by atoms with Crippen molar-refractivity contribution in [3.05, 3.63) is 89.5 Å². The van der Waals surface area contributed by atoms with Gasteiger partial charge >= 0.3 is 0 Å². The van der Waals surface area contributed by atoms with Crippen LogP contribution in [-0.4, -0.2) is 38.7 Å². The van der Waals surface area contributed by atoms with Crippen LogP contribution in [0.4, 0.5) is 0 Å². The van der Waals surface area contributed by atoms with E-state index in [2.05, 4.69) is 0 Å². The lowest BCUT2D eigenvalue weighted by molar-refractivity contribution is -0.126. The number of benzene rings is 3. The van der Waals surface area contributed by atoms with Crippen molar-refractivity contribution < 1.29 is 26.4 Å². The quantitative estimate of drug-likeness (QED) is 0.513. The van der Waals surface area contributed by atoms with E-state index in [1.54, 1.807) is 55.5 Å². The summed E-state index contributed by atoms with van der Waals surface area (Å²) < 4.78 is 60.9. The Balaban J connectivity index is 1.89. The lowest BCUT2D eigenvalue weighted by atomic mass is 10.1. The molecule has 1 unspecified atom stereocenters. The molecule has 3 aromatic carbocycles. The van der Waals surface area contributed by atoms with Gasteiger partial charge in [0.05, 0.1) is 29.4 Å². The van der Waals surface area contributed by atoms with Gasteiger partial charge in [-0.25, -0.2) is 8.42 Å². The Morgan fingerprint density at radius 2 is 1.21 bits per heavy atom. The zero-order valence-electron chi connectivity index (χ0n) is 18.9. The molecule has 0 radical (unpaired) electrons. The maximum Gasteiger partial charge on any atom is 0.281 e. The maximum absolute atomic E-state index is 13.8. The van der Waals surface area contributed by atoms with Crippen LogP contribution < -0.4 is 4.74 Å². The monoisotopic (exact) mass is 500 g/mol. The number of rotatable bonds is 6. The van der Waals surface area contributed by atoms with Gasteiger partial charge in [-0.1, -0.05) is 51.9 Å². The molecule has 3 aromatic rings. The van der Waals surface area contributed by atoms with Crippen molar-refractivity contribution in [2.75, 3.05) is 7.11 Å². The van der Waals surface area contributed by atoms with E-state index in [0.29, 0.717) is 20.1 Å². The number of hydrazine groups is 1. The first kappa shape index (κ1) is 23.9. The summed E-state index contributed by atoms with van der Waals surface area (Å²) in [7, 11) is -7.42. The Bertz CT molecular complexity index is 1420. The summed E-state index contributed by atoms with van der Waals surface area (Å²) >= 11 is 0. The molecule has 0 spiro atoms. The van der Waals surface area contributed by atoms with Crippen LogP contribution in [0.3, 0.4) is 0 Å². The lowest BCUT2D eigenvalue weighted by Crippen LogP contribution is -2.47. The molecule has 1 saturated heterocycles. The van der Waals surface area contributed by atoms with E-state index in [1.807, 2.05) is 6.92 Å². The molecule has 1 fully saturated rings. The highest BCUT2D eigenvalue weighted by Gasteiger charge is 2.52. The van der Waals surface area contributed by atoms with E-state index in [9.17, 15) is 21.6 Å². The normalized spacial score (nSPS) is 17.2. The van der Waals surface area contributed by atoms with Crippen LogP contribution in [0.2, 0.25) is 0 Å². The largest absolute Gasteiger partial charge is 0.497 e. The van der Waals surface area contributed by atoms with Crippen molar-refractivity contribution in [1.82, 2.24) is 8.83 Å². The first-order chi connectivity index (χ1) is 16.1. The molecule has 0 bridgehead atoms. The smallest absolute Gasteiger partial charge is 0.281 e. The van der Waals surface area contributed by atoms with Crippen LogP contribution >= 0.6 is 0 Å². The third kappa shape index (κ3) is 4.20. The molecule has 1 aliphatic rings. The minimum atomic E-state index is -4.50. The van der Waals surface area contributed by atoms with E-state index >= 15 is 0 Å². The molecular weight excluding hydrogens is 476 g/mol. The zero-order chi connectivity index (χ0) is 24.7. The molecule has 0 saturated carbocycles. The predicted octanol–water partition coefficient (Wildman–Crippen LogP) is 3.58. The second-order valence-corrected chi connectivity index (χ2v) is 11.6. The molecule has 1 aliphatic heterocycles. The summed E-state index contributed by atoms with van der Waals surface area (Å²) in [6, 6.07) is 17.4. The van der Waals surface area contributed by atoms with Crippen LogP contribution in [0.25, 0.3) is 0 Å². The number of amides is 1. The highest BCUT2D eigenvalue weighted by atomic mass is 32.2. The van der Waals surface area contributed by atoms with Gasteiger partial charge in [-0.3, -0.25) is 4.79 Å². The first-order valence-corrected chi connectivity index (χ1v) is 13.3. The third-order valence-electron chi connectivity index (χ3n) is 5.64. The van der Waals surface area contributed by atoms with Crippen molar-refractivity contribution in [3.63, 3.8) is 0 Å². The SMILES string of the molecule is COc1ccc(C2CC(=O)N(S(=O)(=O)c3ccc(C)cc3)N2S(=O)(=O)c2ccc(C)cc2)cc1. The molecule has 178 valence electrons. The highest BCUT2D eigenvalue weighted by molar-refractivity contribution is 7.92. The fourth-order valence-electron chi connectivity index (χ4n) is 3.76. The van der Waals surface area contributed by atoms with Crippen LogP contribution in [0, 0.1) is 13.8 Å².